The molecule has 1 aromatic rings. The lowest BCUT2D eigenvalue weighted by molar-refractivity contribution is -0.125. The molecule has 1 fully saturated rings. The van der Waals surface area contributed by atoms with Gasteiger partial charge in [-0.05, 0) is 19.4 Å². The fourth-order valence-corrected chi connectivity index (χ4v) is 3.03. The van der Waals surface area contributed by atoms with E-state index in [1.54, 1.807) is 19.0 Å². The van der Waals surface area contributed by atoms with Crippen molar-refractivity contribution in [1.82, 2.24) is 25.0 Å². The topological polar surface area (TPSA) is 63.1 Å². The van der Waals surface area contributed by atoms with Crippen LogP contribution in [-0.4, -0.2) is 58.5 Å². The molecule has 1 unspecified atom stereocenters. The molecule has 1 aliphatic heterocycles. The van der Waals surface area contributed by atoms with Gasteiger partial charge in [0, 0.05) is 33.6 Å². The minimum absolute atomic E-state index is 0.0916. The molecule has 0 spiro atoms. The number of rotatable bonds is 4. The van der Waals surface area contributed by atoms with E-state index >= 15 is 0 Å². The molecule has 0 saturated carbocycles. The van der Waals surface area contributed by atoms with E-state index in [0.717, 1.165) is 30.5 Å². The molecule has 1 atom stereocenters. The van der Waals surface area contributed by atoms with Crippen molar-refractivity contribution in [3.05, 3.63) is 5.82 Å². The Kier molecular flexibility index (Phi) is 4.81. The van der Waals surface area contributed by atoms with Crippen molar-refractivity contribution in [3.63, 3.8) is 0 Å². The molecule has 1 aliphatic rings. The predicted molar refractivity (Wildman–Crippen MR) is 75.3 cm³/mol. The Labute approximate surface area is 117 Å². The molecule has 7 heteroatoms. The lowest BCUT2D eigenvalue weighted by atomic mass is 9.99. The fraction of sp³-hybridized carbons (Fsp3) is 0.750. The molecule has 2 heterocycles. The second kappa shape index (κ2) is 6.38. The Balaban J connectivity index is 1.99. The van der Waals surface area contributed by atoms with Crippen LogP contribution >= 0.6 is 11.8 Å². The van der Waals surface area contributed by atoms with Gasteiger partial charge in [-0.25, -0.2) is 0 Å². The third-order valence-corrected chi connectivity index (χ3v) is 4.36. The van der Waals surface area contributed by atoms with E-state index in [1.807, 2.05) is 11.6 Å². The van der Waals surface area contributed by atoms with E-state index in [9.17, 15) is 4.79 Å². The molecule has 1 aromatic heterocycles. The maximum absolute atomic E-state index is 11.6. The van der Waals surface area contributed by atoms with Crippen molar-refractivity contribution in [1.29, 1.82) is 0 Å². The Morgan fingerprint density at radius 1 is 1.53 bits per heavy atom. The van der Waals surface area contributed by atoms with E-state index in [4.69, 9.17) is 0 Å². The first-order valence-corrected chi connectivity index (χ1v) is 7.51. The van der Waals surface area contributed by atoms with Crippen molar-refractivity contribution >= 4 is 17.7 Å². The highest BCUT2D eigenvalue weighted by atomic mass is 32.2. The molecular weight excluding hydrogens is 262 g/mol. The van der Waals surface area contributed by atoms with E-state index in [2.05, 4.69) is 15.5 Å². The molecule has 1 amide bonds. The number of aromatic nitrogens is 3. The zero-order valence-corrected chi connectivity index (χ0v) is 12.5. The quantitative estimate of drug-likeness (QED) is 0.814. The number of hydrogen-bond donors (Lipinski definition) is 1. The van der Waals surface area contributed by atoms with Crippen LogP contribution in [0, 0.1) is 0 Å². The maximum Gasteiger partial charge on any atom is 0.232 e. The summed E-state index contributed by atoms with van der Waals surface area (Å²) < 4.78 is 2.02. The van der Waals surface area contributed by atoms with Gasteiger partial charge in [0.1, 0.15) is 5.82 Å². The normalized spacial score (nSPS) is 19.4. The van der Waals surface area contributed by atoms with Crippen LogP contribution in [0.1, 0.15) is 24.6 Å². The number of carbonyl (C=O) groups excluding carboxylic acids is 1. The van der Waals surface area contributed by atoms with Gasteiger partial charge < -0.3 is 14.8 Å². The third kappa shape index (κ3) is 3.48. The Morgan fingerprint density at radius 3 is 2.95 bits per heavy atom. The van der Waals surface area contributed by atoms with Gasteiger partial charge in [0.15, 0.2) is 5.16 Å². The summed E-state index contributed by atoms with van der Waals surface area (Å²) in [6, 6.07) is 0. The summed E-state index contributed by atoms with van der Waals surface area (Å²) in [5.41, 5.74) is 0. The highest BCUT2D eigenvalue weighted by Crippen LogP contribution is 2.24. The minimum Gasteiger partial charge on any atom is -0.348 e. The van der Waals surface area contributed by atoms with Crippen LogP contribution < -0.4 is 5.32 Å². The number of nitrogens with one attached hydrogen (secondary N) is 1. The first-order chi connectivity index (χ1) is 9.09. The predicted octanol–water partition coefficient (Wildman–Crippen LogP) is 0.462. The van der Waals surface area contributed by atoms with Gasteiger partial charge in [-0.1, -0.05) is 11.8 Å². The molecule has 0 aliphatic carbocycles. The van der Waals surface area contributed by atoms with Crippen molar-refractivity contribution in [3.8, 4) is 0 Å². The van der Waals surface area contributed by atoms with E-state index in [1.165, 1.54) is 18.2 Å². The maximum atomic E-state index is 11.6. The Hall–Kier alpha value is -1.08. The summed E-state index contributed by atoms with van der Waals surface area (Å²) in [6.07, 6.45) is 2.33. The number of nitrogens with zero attached hydrogens (tertiary/aromatic N) is 4. The smallest absolute Gasteiger partial charge is 0.232 e. The zero-order valence-electron chi connectivity index (χ0n) is 11.7. The molecule has 2 rings (SSSR count). The summed E-state index contributed by atoms with van der Waals surface area (Å²) >= 11 is 1.45. The van der Waals surface area contributed by atoms with Crippen LogP contribution in [0.2, 0.25) is 0 Å². The SMILES string of the molecule is CN(C)C(=O)CSc1nnc(C2CCCNC2)n1C. The molecule has 1 saturated heterocycles. The second-order valence-electron chi connectivity index (χ2n) is 5.02. The Bertz CT molecular complexity index is 439. The summed E-state index contributed by atoms with van der Waals surface area (Å²) in [5.74, 6) is 1.95. The van der Waals surface area contributed by atoms with Crippen LogP contribution in [0.5, 0.6) is 0 Å². The van der Waals surface area contributed by atoms with E-state index < -0.39 is 0 Å². The van der Waals surface area contributed by atoms with Crippen molar-refractivity contribution < 1.29 is 4.79 Å². The second-order valence-corrected chi connectivity index (χ2v) is 5.96. The highest BCUT2D eigenvalue weighted by molar-refractivity contribution is 7.99. The molecule has 0 radical (unpaired) electrons. The van der Waals surface area contributed by atoms with Gasteiger partial charge in [0.2, 0.25) is 5.91 Å². The number of hydrogen-bond acceptors (Lipinski definition) is 5. The molecule has 1 N–H and O–H groups in total. The number of carbonyl (C=O) groups is 1. The van der Waals surface area contributed by atoms with E-state index in [0.29, 0.717) is 11.7 Å². The van der Waals surface area contributed by atoms with Crippen LogP contribution in [0.15, 0.2) is 5.16 Å². The minimum atomic E-state index is 0.0916. The number of thioether (sulfide) groups is 1. The lowest BCUT2D eigenvalue weighted by Gasteiger charge is -2.21. The zero-order chi connectivity index (χ0) is 13.8. The van der Waals surface area contributed by atoms with Gasteiger partial charge in [0.25, 0.3) is 0 Å². The van der Waals surface area contributed by atoms with E-state index in [-0.39, 0.29) is 5.91 Å². The van der Waals surface area contributed by atoms with Crippen LogP contribution in [-0.2, 0) is 11.8 Å². The van der Waals surface area contributed by atoms with Crippen molar-refractivity contribution in [2.24, 2.45) is 7.05 Å². The van der Waals surface area contributed by atoms with Crippen molar-refractivity contribution in [2.75, 3.05) is 32.9 Å². The number of piperidine rings is 1. The summed E-state index contributed by atoms with van der Waals surface area (Å²) in [5, 5.41) is 12.7. The lowest BCUT2D eigenvalue weighted by Crippen LogP contribution is -2.29. The van der Waals surface area contributed by atoms with Gasteiger partial charge >= 0.3 is 0 Å². The van der Waals surface area contributed by atoms with Gasteiger partial charge in [-0.3, -0.25) is 4.79 Å². The summed E-state index contributed by atoms with van der Waals surface area (Å²) in [7, 11) is 5.50. The summed E-state index contributed by atoms with van der Waals surface area (Å²) in [6.45, 7) is 2.06. The molecule has 0 aromatic carbocycles. The molecule has 106 valence electrons. The summed E-state index contributed by atoms with van der Waals surface area (Å²) in [4.78, 5) is 13.2. The third-order valence-electron chi connectivity index (χ3n) is 3.35. The average molecular weight is 283 g/mol. The molecular formula is C12H21N5OS. The molecule has 0 bridgehead atoms. The standard InChI is InChI=1S/C12H21N5OS/c1-16(2)10(18)8-19-12-15-14-11(17(12)3)9-5-4-6-13-7-9/h9,13H,4-8H2,1-3H3. The monoisotopic (exact) mass is 283 g/mol. The van der Waals surface area contributed by atoms with Gasteiger partial charge in [-0.15, -0.1) is 10.2 Å². The Morgan fingerprint density at radius 2 is 2.32 bits per heavy atom. The van der Waals surface area contributed by atoms with Crippen molar-refractivity contribution in [2.45, 2.75) is 23.9 Å². The van der Waals surface area contributed by atoms with Crippen LogP contribution in [0.25, 0.3) is 0 Å². The molecule has 6 nitrogen and oxygen atoms in total. The highest BCUT2D eigenvalue weighted by Gasteiger charge is 2.22. The fourth-order valence-electron chi connectivity index (χ4n) is 2.13. The first kappa shape index (κ1) is 14.3. The van der Waals surface area contributed by atoms with Crippen LogP contribution in [0.3, 0.4) is 0 Å². The largest absolute Gasteiger partial charge is 0.348 e. The first-order valence-electron chi connectivity index (χ1n) is 6.52. The average Bonchev–Trinajstić information content (AvgIpc) is 2.78. The molecule has 19 heavy (non-hydrogen) atoms. The van der Waals surface area contributed by atoms with Gasteiger partial charge in [-0.2, -0.15) is 0 Å². The van der Waals surface area contributed by atoms with Crippen LogP contribution in [0.4, 0.5) is 0 Å². The van der Waals surface area contributed by atoms with Gasteiger partial charge in [0.05, 0.1) is 5.75 Å². The number of amides is 1.